The van der Waals surface area contributed by atoms with E-state index in [9.17, 15) is 105 Å². The molecular formula is C13H5F24O4P. The third-order valence-electron chi connectivity index (χ3n) is 4.44. The summed E-state index contributed by atoms with van der Waals surface area (Å²) >= 11 is 0. The molecule has 1 saturated heterocycles. The van der Waals surface area contributed by atoms with Crippen LogP contribution in [-0.4, -0.2) is 79.5 Å². The van der Waals surface area contributed by atoms with E-state index in [0.717, 1.165) is 0 Å². The number of alkyl halides is 24. The van der Waals surface area contributed by atoms with Gasteiger partial charge in [0.1, 0.15) is 0 Å². The molecule has 0 aliphatic carbocycles. The van der Waals surface area contributed by atoms with Crippen molar-refractivity contribution >= 4 is 7.51 Å². The molecule has 29 heteroatoms. The Kier molecular flexibility index (Phi) is 9.24. The van der Waals surface area contributed by atoms with E-state index in [-0.39, 0.29) is 0 Å². The minimum absolute atomic E-state index is 2.49. The van der Waals surface area contributed by atoms with E-state index in [2.05, 4.69) is 18.1 Å². The van der Waals surface area contributed by atoms with Crippen LogP contribution < -0.4 is 0 Å². The van der Waals surface area contributed by atoms with Crippen LogP contribution in [0.25, 0.3) is 0 Å². The zero-order chi connectivity index (χ0) is 34.2. The minimum atomic E-state index is -10.1. The van der Waals surface area contributed by atoms with Crippen molar-refractivity contribution in [1.82, 2.24) is 0 Å². The molecule has 1 rings (SSSR count). The summed E-state index contributed by atoms with van der Waals surface area (Å²) in [6.45, 7) is 0. The number of halogens is 24. The van der Waals surface area contributed by atoms with Gasteiger partial charge in [-0.1, -0.05) is 0 Å². The third-order valence-corrected chi connectivity index (χ3v) is 7.92. The zero-order valence-corrected chi connectivity index (χ0v) is 19.0. The quantitative estimate of drug-likeness (QED) is 0.204. The molecule has 254 valence electrons. The van der Waals surface area contributed by atoms with Crippen molar-refractivity contribution < 1.29 is 123 Å². The Hall–Kier alpha value is -1.41. The molecule has 1 aliphatic heterocycles. The molecule has 4 nitrogen and oxygen atoms in total. The molecular weight excluding hydrogens is 707 g/mol. The summed E-state index contributed by atoms with van der Waals surface area (Å²) in [7, 11) is -10.1. The molecule has 1 heterocycles. The van der Waals surface area contributed by atoms with E-state index in [1.165, 1.54) is 0 Å². The summed E-state index contributed by atoms with van der Waals surface area (Å²) < 4.78 is 324. The summed E-state index contributed by atoms with van der Waals surface area (Å²) in [5.41, 5.74) is -6.72. The monoisotopic (exact) mass is 712 g/mol. The predicted octanol–water partition coefficient (Wildman–Crippen LogP) is 8.62. The van der Waals surface area contributed by atoms with Crippen LogP contribution in [0.2, 0.25) is 0 Å². The molecule has 0 saturated carbocycles. The Balaban J connectivity index is 4.40. The summed E-state index contributed by atoms with van der Waals surface area (Å²) in [6, 6.07) is 0. The van der Waals surface area contributed by atoms with Gasteiger partial charge in [0.2, 0.25) is 0 Å². The van der Waals surface area contributed by atoms with Gasteiger partial charge in [-0.3, -0.25) is 0 Å². The molecule has 0 bridgehead atoms. The molecule has 0 atom stereocenters. The van der Waals surface area contributed by atoms with E-state index >= 15 is 0 Å². The second kappa shape index (κ2) is 10.1. The van der Waals surface area contributed by atoms with Gasteiger partial charge in [0.15, 0.2) is 0 Å². The van der Waals surface area contributed by atoms with Crippen LogP contribution in [0.15, 0.2) is 0 Å². The first-order valence-corrected chi connectivity index (χ1v) is 11.2. The fraction of sp³-hybridized carbons (Fsp3) is 1.00. The van der Waals surface area contributed by atoms with Crippen LogP contribution in [-0.2, 0) is 18.1 Å². The number of rotatable bonds is 6. The first-order valence-electron chi connectivity index (χ1n) is 9.08. The van der Waals surface area contributed by atoms with Crippen molar-refractivity contribution in [3.8, 4) is 0 Å². The molecule has 0 aromatic carbocycles. The molecule has 42 heavy (non-hydrogen) atoms. The molecule has 0 unspecified atom stereocenters. The molecule has 1 fully saturated rings. The Bertz CT molecular complexity index is 791. The molecule has 1 aliphatic rings. The topological polar surface area (TPSA) is 36.9 Å². The second-order valence-electron chi connectivity index (χ2n) is 7.74. The molecule has 0 aromatic heterocycles. The summed E-state index contributed by atoms with van der Waals surface area (Å²) in [6.07, 6.45) is -83.8. The van der Waals surface area contributed by atoms with E-state index in [1.807, 2.05) is 0 Å². The number of hydrogen-bond acceptors (Lipinski definition) is 4. The van der Waals surface area contributed by atoms with E-state index < -0.39 is 87.0 Å². The maximum absolute atomic E-state index is 13.3. The van der Waals surface area contributed by atoms with Crippen LogP contribution in [0, 0.1) is 0 Å². The first-order chi connectivity index (χ1) is 17.7. The van der Waals surface area contributed by atoms with Crippen LogP contribution in [0.5, 0.6) is 0 Å². The van der Waals surface area contributed by atoms with Crippen LogP contribution in [0.3, 0.4) is 0 Å². The van der Waals surface area contributed by atoms with Crippen LogP contribution >= 0.6 is 7.51 Å². The van der Waals surface area contributed by atoms with Crippen molar-refractivity contribution in [2.45, 2.75) is 73.3 Å². The van der Waals surface area contributed by atoms with Crippen LogP contribution in [0.4, 0.5) is 105 Å². The third kappa shape index (κ3) is 7.62. The van der Waals surface area contributed by atoms with Gasteiger partial charge in [-0.25, -0.2) is 0 Å². The predicted molar refractivity (Wildman–Crippen MR) is 78.7 cm³/mol. The fourth-order valence-corrected chi connectivity index (χ4v) is 7.20. The normalized spacial score (nSPS) is 21.8. The Morgan fingerprint density at radius 3 is 0.690 bits per heavy atom. The summed E-state index contributed by atoms with van der Waals surface area (Å²) in [5.74, 6) is 0. The first kappa shape index (κ1) is 38.6. The summed E-state index contributed by atoms with van der Waals surface area (Å²) in [4.78, 5) is 0. The van der Waals surface area contributed by atoms with Gasteiger partial charge < -0.3 is 0 Å². The van der Waals surface area contributed by atoms with Gasteiger partial charge in [0, 0.05) is 0 Å². The molecule has 0 amide bonds. The average Bonchev–Trinajstić information content (AvgIpc) is 2.58. The van der Waals surface area contributed by atoms with Gasteiger partial charge in [0.25, 0.3) is 0 Å². The standard InChI is InChI=1S/C13H5F24O4P/c14-6(15,16)2(7(17,18)19)38-42(39-3(8(20,21)22)9(23,24)25,40-4(10(26,27)28)11(29,30)31)1-5(41-42,12(32,33)34)13(35,36)37/h2-4H,1H2. The van der Waals surface area contributed by atoms with Gasteiger partial charge in [0.05, 0.1) is 0 Å². The summed E-state index contributed by atoms with van der Waals surface area (Å²) in [5, 5.41) is 0. The molecule has 0 N–H and O–H groups in total. The van der Waals surface area contributed by atoms with Crippen molar-refractivity contribution in [3.05, 3.63) is 0 Å². The van der Waals surface area contributed by atoms with Crippen molar-refractivity contribution in [1.29, 1.82) is 0 Å². The van der Waals surface area contributed by atoms with Crippen molar-refractivity contribution in [3.63, 3.8) is 0 Å². The van der Waals surface area contributed by atoms with Gasteiger partial charge in [-0.15, -0.1) is 0 Å². The van der Waals surface area contributed by atoms with E-state index in [1.54, 1.807) is 0 Å². The van der Waals surface area contributed by atoms with E-state index in [4.69, 9.17) is 0 Å². The van der Waals surface area contributed by atoms with Crippen molar-refractivity contribution in [2.24, 2.45) is 0 Å². The maximum atomic E-state index is 13.3. The second-order valence-corrected chi connectivity index (χ2v) is 10.8. The molecule has 0 spiro atoms. The van der Waals surface area contributed by atoms with Crippen molar-refractivity contribution in [2.75, 3.05) is 6.16 Å². The Morgan fingerprint density at radius 2 is 0.571 bits per heavy atom. The van der Waals surface area contributed by atoms with Gasteiger partial charge in [-0.05, 0) is 0 Å². The van der Waals surface area contributed by atoms with Crippen LogP contribution in [0.1, 0.15) is 0 Å². The Morgan fingerprint density at radius 1 is 0.405 bits per heavy atom. The number of hydrogen-bond donors (Lipinski definition) is 0. The fourth-order valence-electron chi connectivity index (χ4n) is 2.88. The molecule has 0 radical (unpaired) electrons. The SMILES string of the molecule is FC(F)(F)C(OP1(OC(C(F)(F)F)C(F)(F)F)(OC(C(F)(F)F)C(F)(F)F)CC(C(F)(F)F)(C(F)(F)F)O1)C(F)(F)F. The van der Waals surface area contributed by atoms with Gasteiger partial charge >= 0.3 is 210 Å². The molecule has 0 aromatic rings. The zero-order valence-electron chi connectivity index (χ0n) is 18.1. The Labute approximate surface area is 212 Å². The van der Waals surface area contributed by atoms with Gasteiger partial charge in [-0.2, -0.15) is 0 Å². The average molecular weight is 712 g/mol. The van der Waals surface area contributed by atoms with E-state index in [0.29, 0.717) is 0 Å².